The number of aliphatic carboxylic acids is 1. The molecule has 1 rings (SSSR count). The summed E-state index contributed by atoms with van der Waals surface area (Å²) in [6.45, 7) is -0.146. The van der Waals surface area contributed by atoms with E-state index < -0.39 is 34.3 Å². The van der Waals surface area contributed by atoms with Crippen LogP contribution in [0.2, 0.25) is 0 Å². The van der Waals surface area contributed by atoms with Crippen LogP contribution in [0.3, 0.4) is 0 Å². The molecule has 9 heteroatoms. The number of hydrogen-bond donors (Lipinski definition) is 2. The number of halogens is 2. The van der Waals surface area contributed by atoms with E-state index in [-0.39, 0.29) is 18.7 Å². The smallest absolute Gasteiger partial charge is 0.327 e. The fraction of sp³-hybridized carbons (Fsp3) is 0.364. The van der Waals surface area contributed by atoms with Crippen LogP contribution in [0, 0.1) is 21.7 Å². The van der Waals surface area contributed by atoms with Crippen LogP contribution in [0.25, 0.3) is 0 Å². The number of nitrogens with zero attached hydrogens (tertiary/aromatic N) is 1. The first-order valence-corrected chi connectivity index (χ1v) is 5.47. The summed E-state index contributed by atoms with van der Waals surface area (Å²) in [5.41, 5.74) is -1.28. The van der Waals surface area contributed by atoms with Crippen molar-refractivity contribution in [2.75, 3.05) is 19.0 Å². The van der Waals surface area contributed by atoms with Crippen LogP contribution in [0.4, 0.5) is 20.2 Å². The Labute approximate surface area is 112 Å². The summed E-state index contributed by atoms with van der Waals surface area (Å²) in [5.74, 6) is -3.42. The Morgan fingerprint density at radius 3 is 2.70 bits per heavy atom. The molecule has 0 aliphatic carbocycles. The molecule has 0 aromatic heterocycles. The Kier molecular flexibility index (Phi) is 5.32. The van der Waals surface area contributed by atoms with E-state index in [9.17, 15) is 23.7 Å². The molecule has 2 N–H and O–H groups in total. The molecule has 0 saturated heterocycles. The molecule has 1 aromatic carbocycles. The number of carbonyl (C=O) groups is 1. The monoisotopic (exact) mass is 290 g/mol. The minimum atomic E-state index is -1.32. The van der Waals surface area contributed by atoms with Crippen LogP contribution in [-0.2, 0) is 9.53 Å². The van der Waals surface area contributed by atoms with Gasteiger partial charge in [-0.3, -0.25) is 14.9 Å². The van der Waals surface area contributed by atoms with E-state index in [4.69, 9.17) is 9.84 Å². The lowest BCUT2D eigenvalue weighted by atomic mass is 10.2. The summed E-state index contributed by atoms with van der Waals surface area (Å²) in [6.07, 6.45) is -1.15. The molecule has 7 nitrogen and oxygen atoms in total. The van der Waals surface area contributed by atoms with Crippen molar-refractivity contribution in [1.29, 1.82) is 0 Å². The number of hydrogen-bond acceptors (Lipinski definition) is 5. The molecule has 0 spiro atoms. The van der Waals surface area contributed by atoms with Crippen molar-refractivity contribution in [2.45, 2.75) is 12.5 Å². The number of anilines is 1. The highest BCUT2D eigenvalue weighted by atomic mass is 19.1. The Hall–Kier alpha value is -2.29. The Balaban J connectivity index is 2.91. The van der Waals surface area contributed by atoms with Gasteiger partial charge < -0.3 is 15.2 Å². The maximum Gasteiger partial charge on any atom is 0.327 e. The fourth-order valence-electron chi connectivity index (χ4n) is 1.54. The van der Waals surface area contributed by atoms with Crippen molar-refractivity contribution in [2.24, 2.45) is 0 Å². The molecule has 1 aromatic rings. The quantitative estimate of drug-likeness (QED) is 0.586. The zero-order valence-corrected chi connectivity index (χ0v) is 10.4. The van der Waals surface area contributed by atoms with Gasteiger partial charge in [0.15, 0.2) is 0 Å². The molecule has 0 aliphatic heterocycles. The molecule has 0 saturated carbocycles. The van der Waals surface area contributed by atoms with Gasteiger partial charge in [0, 0.05) is 25.8 Å². The second kappa shape index (κ2) is 6.75. The highest BCUT2D eigenvalue weighted by molar-refractivity contribution is 5.67. The third-order valence-corrected chi connectivity index (χ3v) is 2.47. The van der Waals surface area contributed by atoms with Crippen LogP contribution in [0.5, 0.6) is 0 Å². The van der Waals surface area contributed by atoms with Gasteiger partial charge in [0.2, 0.25) is 5.82 Å². The van der Waals surface area contributed by atoms with E-state index >= 15 is 0 Å². The third-order valence-electron chi connectivity index (χ3n) is 2.47. The number of nitro groups is 1. The number of benzene rings is 1. The third kappa shape index (κ3) is 4.12. The highest BCUT2D eigenvalue weighted by Crippen LogP contribution is 2.28. The van der Waals surface area contributed by atoms with Crippen molar-refractivity contribution < 1.29 is 28.3 Å². The van der Waals surface area contributed by atoms with Crippen LogP contribution < -0.4 is 5.32 Å². The van der Waals surface area contributed by atoms with E-state index in [1.807, 2.05) is 0 Å². The van der Waals surface area contributed by atoms with Gasteiger partial charge in [0.25, 0.3) is 0 Å². The fourth-order valence-corrected chi connectivity index (χ4v) is 1.54. The number of ether oxygens (including phenoxy) is 1. The van der Waals surface area contributed by atoms with Crippen molar-refractivity contribution >= 4 is 17.3 Å². The van der Waals surface area contributed by atoms with Crippen molar-refractivity contribution in [3.63, 3.8) is 0 Å². The maximum absolute atomic E-state index is 13.3. The highest BCUT2D eigenvalue weighted by Gasteiger charge is 2.23. The Bertz CT molecular complexity index is 524. The maximum atomic E-state index is 13.3. The predicted molar refractivity (Wildman–Crippen MR) is 64.6 cm³/mol. The molecule has 1 atom stereocenters. The molecule has 0 amide bonds. The van der Waals surface area contributed by atoms with E-state index in [1.54, 1.807) is 0 Å². The zero-order valence-electron chi connectivity index (χ0n) is 10.4. The number of nitro benzene ring substituents is 1. The Morgan fingerprint density at radius 2 is 2.20 bits per heavy atom. The second-order valence-electron chi connectivity index (χ2n) is 3.88. The van der Waals surface area contributed by atoms with Gasteiger partial charge in [0.1, 0.15) is 11.5 Å². The first-order valence-electron chi connectivity index (χ1n) is 5.47. The van der Waals surface area contributed by atoms with Gasteiger partial charge >= 0.3 is 11.7 Å². The standard InChI is InChI=1S/C11H12F2N2O5/c1-20-7(4-10(16)17)5-14-9-3-6(12)2-8(13)11(9)15(18)19/h2-3,7,14H,4-5H2,1H3,(H,16,17). The zero-order chi connectivity index (χ0) is 15.3. The lowest BCUT2D eigenvalue weighted by Gasteiger charge is -2.15. The molecule has 0 fully saturated rings. The second-order valence-corrected chi connectivity index (χ2v) is 3.88. The molecule has 20 heavy (non-hydrogen) atoms. The molecular weight excluding hydrogens is 278 g/mol. The first-order chi connectivity index (χ1) is 9.35. The molecule has 0 aliphatic rings. The summed E-state index contributed by atoms with van der Waals surface area (Å²) in [4.78, 5) is 20.3. The number of methoxy groups -OCH3 is 1. The summed E-state index contributed by atoms with van der Waals surface area (Å²) in [7, 11) is 1.26. The van der Waals surface area contributed by atoms with Crippen molar-refractivity contribution in [3.05, 3.63) is 33.9 Å². The van der Waals surface area contributed by atoms with E-state index in [1.165, 1.54) is 7.11 Å². The molecule has 0 heterocycles. The summed E-state index contributed by atoms with van der Waals surface area (Å²) in [6, 6.07) is 1.16. The van der Waals surface area contributed by atoms with Crippen molar-refractivity contribution in [1.82, 2.24) is 0 Å². The van der Waals surface area contributed by atoms with Gasteiger partial charge in [-0.2, -0.15) is 4.39 Å². The van der Waals surface area contributed by atoms with Crippen LogP contribution >= 0.6 is 0 Å². The van der Waals surface area contributed by atoms with Gasteiger partial charge in [0.05, 0.1) is 17.4 Å². The molecule has 110 valence electrons. The van der Waals surface area contributed by atoms with E-state index in [2.05, 4.69) is 5.32 Å². The number of carboxylic acids is 1. The van der Waals surface area contributed by atoms with Crippen LogP contribution in [0.1, 0.15) is 6.42 Å². The Morgan fingerprint density at radius 1 is 1.55 bits per heavy atom. The van der Waals surface area contributed by atoms with Gasteiger partial charge in [-0.05, 0) is 0 Å². The predicted octanol–water partition coefficient (Wildman–Crippen LogP) is 1.77. The molecular formula is C11H12F2N2O5. The molecule has 1 unspecified atom stereocenters. The van der Waals surface area contributed by atoms with Gasteiger partial charge in [-0.25, -0.2) is 4.39 Å². The average Bonchev–Trinajstić information content (AvgIpc) is 2.32. The first kappa shape index (κ1) is 15.8. The lowest BCUT2D eigenvalue weighted by molar-refractivity contribution is -0.386. The number of nitrogens with one attached hydrogen (secondary N) is 1. The minimum absolute atomic E-state index is 0.146. The molecule has 0 radical (unpaired) electrons. The van der Waals surface area contributed by atoms with Gasteiger partial charge in [-0.15, -0.1) is 0 Å². The van der Waals surface area contributed by atoms with Crippen LogP contribution in [0.15, 0.2) is 12.1 Å². The largest absolute Gasteiger partial charge is 0.481 e. The lowest BCUT2D eigenvalue weighted by Crippen LogP contribution is -2.25. The number of carboxylic acid groups (broad SMARTS) is 1. The summed E-state index contributed by atoms with van der Waals surface area (Å²) >= 11 is 0. The topological polar surface area (TPSA) is 102 Å². The normalized spacial score (nSPS) is 11.9. The van der Waals surface area contributed by atoms with E-state index in [0.717, 1.165) is 6.07 Å². The van der Waals surface area contributed by atoms with Crippen LogP contribution in [-0.4, -0.2) is 35.8 Å². The van der Waals surface area contributed by atoms with Gasteiger partial charge in [-0.1, -0.05) is 0 Å². The van der Waals surface area contributed by atoms with Crippen molar-refractivity contribution in [3.8, 4) is 0 Å². The van der Waals surface area contributed by atoms with E-state index in [0.29, 0.717) is 6.07 Å². The SMILES string of the molecule is COC(CNc1cc(F)cc(F)c1[N+](=O)[O-])CC(=O)O. The minimum Gasteiger partial charge on any atom is -0.481 e. The molecule has 0 bridgehead atoms. The summed E-state index contributed by atoms with van der Waals surface area (Å²) < 4.78 is 31.2. The summed E-state index contributed by atoms with van der Waals surface area (Å²) in [5, 5.41) is 21.8. The average molecular weight is 290 g/mol. The number of rotatable bonds is 7.